The predicted molar refractivity (Wildman–Crippen MR) is 124 cm³/mol. The van der Waals surface area contributed by atoms with Crippen molar-refractivity contribution in [1.82, 2.24) is 9.97 Å². The number of benzene rings is 1. The Bertz CT molecular complexity index is 1100. The third kappa shape index (κ3) is 5.20. The lowest BCUT2D eigenvalue weighted by Crippen LogP contribution is -2.41. The Hall–Kier alpha value is -2.25. The summed E-state index contributed by atoms with van der Waals surface area (Å²) < 4.78 is 54.5. The highest BCUT2D eigenvalue weighted by Gasteiger charge is 2.35. The van der Waals surface area contributed by atoms with Crippen LogP contribution in [0.3, 0.4) is 0 Å². The molecule has 9 nitrogen and oxygen atoms in total. The van der Waals surface area contributed by atoms with Crippen LogP contribution in [0.2, 0.25) is 5.02 Å². The van der Waals surface area contributed by atoms with Crippen molar-refractivity contribution in [3.05, 3.63) is 40.0 Å². The number of nitrogens with zero attached hydrogens (tertiary/aromatic N) is 3. The summed E-state index contributed by atoms with van der Waals surface area (Å²) in [5, 5.41) is 8.93. The van der Waals surface area contributed by atoms with E-state index in [1.54, 1.807) is 0 Å². The number of rotatable bonds is 6. The lowest BCUT2D eigenvalue weighted by molar-refractivity contribution is 0.0420. The molecule has 0 bridgehead atoms. The number of anilines is 1. The number of primary amides is 1. The van der Waals surface area contributed by atoms with Crippen LogP contribution in [0.15, 0.2) is 12.1 Å². The van der Waals surface area contributed by atoms with Crippen LogP contribution in [0.5, 0.6) is 0 Å². The number of fused-ring (bicyclic) bond motifs is 1. The number of hydrogen-bond acceptors (Lipinski definition) is 8. The van der Waals surface area contributed by atoms with E-state index in [1.165, 1.54) is 0 Å². The van der Waals surface area contributed by atoms with E-state index in [4.69, 9.17) is 22.1 Å². The van der Waals surface area contributed by atoms with Crippen LogP contribution in [0, 0.1) is 17.6 Å². The fraction of sp³-hybridized carbons (Fsp3) is 0.476. The summed E-state index contributed by atoms with van der Waals surface area (Å²) in [6, 6.07) is 1.77. The summed E-state index contributed by atoms with van der Waals surface area (Å²) in [6.07, 6.45) is 0.0255. The van der Waals surface area contributed by atoms with E-state index in [1.807, 2.05) is 4.90 Å². The zero-order valence-electron chi connectivity index (χ0n) is 18.1. The first kappa shape index (κ1) is 24.9. The molecule has 2 aromatic rings. The normalized spacial score (nSPS) is 19.5. The molecule has 5 N–H and O–H groups in total. The molecule has 2 aliphatic heterocycles. The van der Waals surface area contributed by atoms with Gasteiger partial charge in [0.15, 0.2) is 5.82 Å². The maximum absolute atomic E-state index is 14.6. The summed E-state index contributed by atoms with van der Waals surface area (Å²) in [4.78, 5) is 22.0. The zero-order valence-corrected chi connectivity index (χ0v) is 19.7. The van der Waals surface area contributed by atoms with Gasteiger partial charge in [-0.05, 0) is 30.9 Å². The first-order valence-corrected chi connectivity index (χ1v) is 12.9. The molecule has 186 valence electrons. The van der Waals surface area contributed by atoms with E-state index < -0.39 is 34.4 Å². The molecule has 3 heterocycles. The topological polar surface area (TPSA) is 142 Å². The Morgan fingerprint density at radius 2 is 1.94 bits per heavy atom. The monoisotopic (exact) mass is 518 g/mol. The molecule has 13 heteroatoms. The number of aliphatic hydroxyl groups excluding tert-OH is 1. The Morgan fingerprint density at radius 1 is 1.24 bits per heavy atom. The molecule has 0 saturated carbocycles. The number of carbonyl (C=O) groups excluding carboxylic acids is 1. The molecule has 1 amide bonds. The van der Waals surface area contributed by atoms with Crippen LogP contribution in [0.25, 0.3) is 11.4 Å². The van der Waals surface area contributed by atoms with E-state index in [0.29, 0.717) is 43.0 Å². The summed E-state index contributed by atoms with van der Waals surface area (Å²) in [5.74, 6) is -1.41. The van der Waals surface area contributed by atoms with Gasteiger partial charge in [0, 0.05) is 31.7 Å². The van der Waals surface area contributed by atoms with Crippen LogP contribution >= 0.6 is 22.2 Å². The number of halogens is 3. The molecule has 1 aromatic carbocycles. The number of ether oxygens (including phenoxy) is 1. The summed E-state index contributed by atoms with van der Waals surface area (Å²) in [6.45, 7) is 0.810. The largest absolute Gasteiger partial charge is 0.446 e. The third-order valence-corrected chi connectivity index (χ3v) is 7.89. The molecule has 0 radical (unpaired) electrons. The van der Waals surface area contributed by atoms with Crippen molar-refractivity contribution in [1.29, 1.82) is 0 Å². The molecular weight excluding hydrogens is 494 g/mol. The van der Waals surface area contributed by atoms with Gasteiger partial charge in [-0.15, -0.1) is 0 Å². The second-order valence-corrected chi connectivity index (χ2v) is 11.0. The van der Waals surface area contributed by atoms with Crippen LogP contribution in [0.4, 0.5) is 19.4 Å². The average molecular weight is 519 g/mol. The molecule has 0 spiro atoms. The van der Waals surface area contributed by atoms with E-state index in [9.17, 15) is 27.8 Å². The Kier molecular flexibility index (Phi) is 7.15. The summed E-state index contributed by atoms with van der Waals surface area (Å²) in [5.41, 5.74) is 5.93. The van der Waals surface area contributed by atoms with Gasteiger partial charge >= 0.3 is 6.09 Å². The van der Waals surface area contributed by atoms with Gasteiger partial charge < -0.3 is 20.5 Å². The Labute approximate surface area is 201 Å². The number of piperidine rings is 1. The van der Waals surface area contributed by atoms with Gasteiger partial charge in [-0.1, -0.05) is 11.6 Å². The molecule has 1 atom stereocenters. The lowest BCUT2D eigenvalue weighted by atomic mass is 9.89. The number of aromatic nitrogens is 2. The Balaban J connectivity index is 1.65. The van der Waals surface area contributed by atoms with Gasteiger partial charge in [-0.25, -0.2) is 23.5 Å². The third-order valence-electron chi connectivity index (χ3n) is 6.11. The fourth-order valence-corrected chi connectivity index (χ4v) is 6.20. The Morgan fingerprint density at radius 3 is 2.59 bits per heavy atom. The highest BCUT2D eigenvalue weighted by Crippen LogP contribution is 2.54. The van der Waals surface area contributed by atoms with Crippen molar-refractivity contribution >= 4 is 34.1 Å². The zero-order chi connectivity index (χ0) is 24.6. The molecular formula is C21H25ClF2N4O5S. The summed E-state index contributed by atoms with van der Waals surface area (Å²) >= 11 is 5.67. The van der Waals surface area contributed by atoms with E-state index in [-0.39, 0.29) is 46.9 Å². The lowest BCUT2D eigenvalue weighted by Gasteiger charge is -2.36. The molecule has 1 unspecified atom stereocenters. The highest BCUT2D eigenvalue weighted by molar-refractivity contribution is 8.23. The number of nitrogens with two attached hydrogens (primary N) is 1. The maximum atomic E-state index is 14.6. The minimum atomic E-state index is -2.95. The van der Waals surface area contributed by atoms with Crippen LogP contribution in [0.1, 0.15) is 30.5 Å². The van der Waals surface area contributed by atoms with Gasteiger partial charge in [0.05, 0.1) is 27.8 Å². The summed E-state index contributed by atoms with van der Waals surface area (Å²) in [7, 11) is -2.95. The van der Waals surface area contributed by atoms with Crippen molar-refractivity contribution in [3.8, 4) is 11.4 Å². The second-order valence-electron chi connectivity index (χ2n) is 8.45. The van der Waals surface area contributed by atoms with Gasteiger partial charge in [-0.3, -0.25) is 9.11 Å². The number of hydrogen-bond donors (Lipinski definition) is 4. The van der Waals surface area contributed by atoms with E-state index in [2.05, 4.69) is 9.97 Å². The standard InChI is InChI=1S/C21H25ClF2N4O5S/c22-14-8-15(23)12(7-16(14)24)19-26-17-10-34(31,32)9-13(17)20(27-19)28-4-1-11(2-5-28)18(3-6-29)33-21(25)30/h7-8,11,18,29,31-32H,1-6,9-10H2,(H2,25,30). The molecule has 1 saturated heterocycles. The second kappa shape index (κ2) is 9.78. The number of aliphatic hydroxyl groups is 1. The minimum Gasteiger partial charge on any atom is -0.446 e. The minimum absolute atomic E-state index is 0.0206. The van der Waals surface area contributed by atoms with Gasteiger partial charge in [0.2, 0.25) is 0 Å². The SMILES string of the molecule is NC(=O)OC(CCO)C1CCN(c2nc(-c3cc(F)c(Cl)cc3F)nc3c2CS(O)(O)C3)CC1. The quantitative estimate of drug-likeness (QED) is 0.422. The van der Waals surface area contributed by atoms with Crippen LogP contribution in [-0.2, 0) is 16.2 Å². The van der Waals surface area contributed by atoms with Gasteiger partial charge in [-0.2, -0.15) is 10.6 Å². The van der Waals surface area contributed by atoms with E-state index >= 15 is 0 Å². The van der Waals surface area contributed by atoms with E-state index in [0.717, 1.165) is 12.1 Å². The molecule has 4 rings (SSSR count). The van der Waals surface area contributed by atoms with Crippen molar-refractivity contribution in [2.75, 3.05) is 24.6 Å². The molecule has 1 aromatic heterocycles. The van der Waals surface area contributed by atoms with Gasteiger partial charge in [0.1, 0.15) is 23.6 Å². The maximum Gasteiger partial charge on any atom is 0.404 e. The van der Waals surface area contributed by atoms with Crippen molar-refractivity contribution in [2.24, 2.45) is 11.7 Å². The first-order valence-electron chi connectivity index (χ1n) is 10.7. The smallest absolute Gasteiger partial charge is 0.404 e. The number of carbonyl (C=O) groups is 1. The molecule has 2 aliphatic rings. The molecule has 1 fully saturated rings. The average Bonchev–Trinajstić information content (AvgIpc) is 3.09. The first-order chi connectivity index (χ1) is 16.1. The molecule has 34 heavy (non-hydrogen) atoms. The number of amides is 1. The predicted octanol–water partition coefficient (Wildman–Crippen LogP) is 3.90. The highest BCUT2D eigenvalue weighted by atomic mass is 35.5. The van der Waals surface area contributed by atoms with Crippen molar-refractivity contribution in [2.45, 2.75) is 36.9 Å². The van der Waals surface area contributed by atoms with Gasteiger partial charge in [0.25, 0.3) is 0 Å². The molecule has 0 aliphatic carbocycles. The van der Waals surface area contributed by atoms with Crippen molar-refractivity contribution in [3.63, 3.8) is 0 Å². The van der Waals surface area contributed by atoms with Crippen LogP contribution < -0.4 is 10.6 Å². The van der Waals surface area contributed by atoms with Crippen molar-refractivity contribution < 1.29 is 32.5 Å². The van der Waals surface area contributed by atoms with Crippen LogP contribution in [-0.4, -0.2) is 56.1 Å². The fourth-order valence-electron chi connectivity index (χ4n) is 4.51.